The largest absolute Gasteiger partial charge is 0.495 e. The molecule has 0 bridgehead atoms. The van der Waals surface area contributed by atoms with E-state index in [2.05, 4.69) is 10.1 Å². The molecule has 0 amide bonds. The number of ether oxygens (including phenoxy) is 1. The highest BCUT2D eigenvalue weighted by Crippen LogP contribution is 2.33. The van der Waals surface area contributed by atoms with Crippen LogP contribution < -0.4 is 4.74 Å². The van der Waals surface area contributed by atoms with Gasteiger partial charge in [-0.15, -0.1) is 0 Å². The van der Waals surface area contributed by atoms with Gasteiger partial charge in [-0.25, -0.2) is 13.7 Å². The SMILES string of the molecule is COc1ccc(-c2c(C)nc3sc(C(C)(C)O)nn23)cc1S(=O)O. The third-order valence-electron chi connectivity index (χ3n) is 3.53. The van der Waals surface area contributed by atoms with Crippen molar-refractivity contribution in [2.45, 2.75) is 31.3 Å². The summed E-state index contributed by atoms with van der Waals surface area (Å²) >= 11 is -0.865. The molecule has 0 radical (unpaired) electrons. The first-order valence-electron chi connectivity index (χ1n) is 7.10. The van der Waals surface area contributed by atoms with Gasteiger partial charge in [-0.2, -0.15) is 5.10 Å². The third kappa shape index (κ3) is 2.84. The number of aliphatic hydroxyl groups is 1. The highest BCUT2D eigenvalue weighted by molar-refractivity contribution is 7.79. The number of hydrogen-bond acceptors (Lipinski definition) is 6. The molecule has 3 rings (SSSR count). The molecule has 7 nitrogen and oxygen atoms in total. The molecule has 24 heavy (non-hydrogen) atoms. The molecule has 0 spiro atoms. The van der Waals surface area contributed by atoms with E-state index in [0.29, 0.717) is 27.0 Å². The predicted molar refractivity (Wildman–Crippen MR) is 91.9 cm³/mol. The van der Waals surface area contributed by atoms with Gasteiger partial charge >= 0.3 is 0 Å². The standard InChI is InChI=1S/C15H17N3O4S2/c1-8-12(9-5-6-10(22-4)11(7-9)24(20)21)18-14(16-8)23-13(17-18)15(2,3)19/h5-7,19H,1-4H3,(H,20,21). The lowest BCUT2D eigenvalue weighted by atomic mass is 10.1. The highest BCUT2D eigenvalue weighted by Gasteiger charge is 2.25. The van der Waals surface area contributed by atoms with E-state index in [1.165, 1.54) is 18.4 Å². The summed E-state index contributed by atoms with van der Waals surface area (Å²) < 4.78 is 27.8. The Morgan fingerprint density at radius 3 is 2.67 bits per heavy atom. The molecule has 0 saturated carbocycles. The summed E-state index contributed by atoms with van der Waals surface area (Å²) in [4.78, 5) is 5.32. The highest BCUT2D eigenvalue weighted by atomic mass is 32.2. The Kier molecular flexibility index (Phi) is 4.20. The van der Waals surface area contributed by atoms with Crippen LogP contribution in [-0.2, 0) is 16.7 Å². The van der Waals surface area contributed by atoms with E-state index in [1.54, 1.807) is 36.6 Å². The third-order valence-corrected chi connectivity index (χ3v) is 5.44. The van der Waals surface area contributed by atoms with Crippen LogP contribution in [0.25, 0.3) is 16.2 Å². The molecule has 0 fully saturated rings. The molecule has 0 aliphatic carbocycles. The number of hydrogen-bond donors (Lipinski definition) is 2. The van der Waals surface area contributed by atoms with Crippen LogP contribution in [0.4, 0.5) is 0 Å². The zero-order valence-electron chi connectivity index (χ0n) is 13.6. The zero-order valence-corrected chi connectivity index (χ0v) is 15.2. The van der Waals surface area contributed by atoms with Gasteiger partial charge in [0.15, 0.2) is 11.1 Å². The maximum absolute atomic E-state index is 11.5. The topological polar surface area (TPSA) is 97.0 Å². The van der Waals surface area contributed by atoms with E-state index in [-0.39, 0.29) is 4.90 Å². The second kappa shape index (κ2) is 5.92. The monoisotopic (exact) mass is 367 g/mol. The van der Waals surface area contributed by atoms with Gasteiger partial charge in [0.25, 0.3) is 0 Å². The fourth-order valence-corrected chi connectivity index (χ4v) is 3.89. The van der Waals surface area contributed by atoms with Gasteiger partial charge in [0, 0.05) is 5.56 Å². The average Bonchev–Trinajstić information content (AvgIpc) is 3.02. The molecule has 1 atom stereocenters. The number of aromatic nitrogens is 3. The number of benzene rings is 1. The number of imidazole rings is 1. The van der Waals surface area contributed by atoms with E-state index in [4.69, 9.17) is 4.74 Å². The van der Waals surface area contributed by atoms with E-state index >= 15 is 0 Å². The van der Waals surface area contributed by atoms with E-state index in [1.807, 2.05) is 6.92 Å². The fraction of sp³-hybridized carbons (Fsp3) is 0.333. The Balaban J connectivity index is 2.22. The van der Waals surface area contributed by atoms with Gasteiger partial charge in [0.05, 0.1) is 18.5 Å². The summed E-state index contributed by atoms with van der Waals surface area (Å²) in [6.07, 6.45) is 0. The molecule has 0 aliphatic rings. The molecule has 2 heterocycles. The average molecular weight is 367 g/mol. The number of fused-ring (bicyclic) bond motifs is 1. The summed E-state index contributed by atoms with van der Waals surface area (Å²) in [5.74, 6) is 0.341. The van der Waals surface area contributed by atoms with Gasteiger partial charge in [-0.1, -0.05) is 11.3 Å². The summed E-state index contributed by atoms with van der Waals surface area (Å²) in [6.45, 7) is 5.18. The fourth-order valence-electron chi connectivity index (χ4n) is 2.39. The number of methoxy groups -OCH3 is 1. The number of aryl methyl sites for hydroxylation is 1. The Morgan fingerprint density at radius 2 is 2.08 bits per heavy atom. The van der Waals surface area contributed by atoms with Crippen molar-refractivity contribution in [3.63, 3.8) is 0 Å². The molecule has 2 aromatic heterocycles. The minimum Gasteiger partial charge on any atom is -0.495 e. The first kappa shape index (κ1) is 17.0. The zero-order chi connectivity index (χ0) is 17.6. The maximum Gasteiger partial charge on any atom is 0.213 e. The van der Waals surface area contributed by atoms with Crippen molar-refractivity contribution >= 4 is 27.4 Å². The predicted octanol–water partition coefficient (Wildman–Crippen LogP) is 2.58. The van der Waals surface area contributed by atoms with Crippen molar-refractivity contribution < 1.29 is 18.6 Å². The maximum atomic E-state index is 11.5. The van der Waals surface area contributed by atoms with Crippen molar-refractivity contribution in [1.29, 1.82) is 0 Å². The molecule has 9 heteroatoms. The van der Waals surface area contributed by atoms with Crippen LogP contribution in [0.15, 0.2) is 23.1 Å². The lowest BCUT2D eigenvalue weighted by molar-refractivity contribution is 0.0773. The lowest BCUT2D eigenvalue weighted by Gasteiger charge is -2.12. The normalized spacial score (nSPS) is 13.4. The van der Waals surface area contributed by atoms with Gasteiger partial charge in [-0.05, 0) is 39.0 Å². The van der Waals surface area contributed by atoms with Crippen molar-refractivity contribution in [2.75, 3.05) is 7.11 Å². The van der Waals surface area contributed by atoms with E-state index in [9.17, 15) is 13.9 Å². The second-order valence-corrected chi connectivity index (χ2v) is 7.72. The van der Waals surface area contributed by atoms with Crippen LogP contribution in [0.1, 0.15) is 24.5 Å². The molecule has 3 aromatic rings. The summed E-state index contributed by atoms with van der Waals surface area (Å²) in [7, 11) is 1.45. The van der Waals surface area contributed by atoms with Crippen molar-refractivity contribution in [3.05, 3.63) is 28.9 Å². The van der Waals surface area contributed by atoms with Gasteiger partial charge < -0.3 is 14.4 Å². The molecule has 2 N–H and O–H groups in total. The van der Waals surface area contributed by atoms with Gasteiger partial charge in [0.2, 0.25) is 4.96 Å². The van der Waals surface area contributed by atoms with E-state index in [0.717, 1.165) is 5.69 Å². The Morgan fingerprint density at radius 1 is 1.38 bits per heavy atom. The first-order chi connectivity index (χ1) is 11.2. The molecule has 0 aliphatic heterocycles. The van der Waals surface area contributed by atoms with Crippen molar-refractivity contribution in [3.8, 4) is 17.0 Å². The van der Waals surface area contributed by atoms with Crippen LogP contribution in [-0.4, -0.2) is 35.6 Å². The molecule has 1 unspecified atom stereocenters. The minimum atomic E-state index is -2.17. The van der Waals surface area contributed by atoms with Crippen LogP contribution in [0, 0.1) is 6.92 Å². The molecule has 1 aromatic carbocycles. The summed E-state index contributed by atoms with van der Waals surface area (Å²) in [5, 5.41) is 15.1. The summed E-state index contributed by atoms with van der Waals surface area (Å²) in [5.41, 5.74) is 1.10. The van der Waals surface area contributed by atoms with Crippen molar-refractivity contribution in [2.24, 2.45) is 0 Å². The quantitative estimate of drug-likeness (QED) is 0.688. The van der Waals surface area contributed by atoms with Gasteiger partial charge in [-0.3, -0.25) is 0 Å². The van der Waals surface area contributed by atoms with Gasteiger partial charge in [0.1, 0.15) is 21.3 Å². The number of rotatable bonds is 4. The van der Waals surface area contributed by atoms with Crippen molar-refractivity contribution in [1.82, 2.24) is 14.6 Å². The van der Waals surface area contributed by atoms with Crippen LogP contribution in [0.3, 0.4) is 0 Å². The Bertz CT molecular complexity index is 940. The second-order valence-electron chi connectivity index (χ2n) is 5.82. The molecule has 128 valence electrons. The van der Waals surface area contributed by atoms with Crippen LogP contribution >= 0.6 is 11.3 Å². The Hall–Kier alpha value is -1.81. The first-order valence-corrected chi connectivity index (χ1v) is 9.03. The minimum absolute atomic E-state index is 0.183. The number of nitrogens with zero attached hydrogens (tertiary/aromatic N) is 3. The van der Waals surface area contributed by atoms with E-state index < -0.39 is 16.7 Å². The molecular weight excluding hydrogens is 350 g/mol. The van der Waals surface area contributed by atoms with Crippen LogP contribution in [0.5, 0.6) is 5.75 Å². The summed E-state index contributed by atoms with van der Waals surface area (Å²) in [6, 6.07) is 5.02. The molecule has 0 saturated heterocycles. The Labute approximate surface area is 145 Å². The lowest BCUT2D eigenvalue weighted by Crippen LogP contribution is -2.15. The smallest absolute Gasteiger partial charge is 0.213 e. The molecular formula is C15H17N3O4S2. The van der Waals surface area contributed by atoms with Crippen LogP contribution in [0.2, 0.25) is 0 Å².